The van der Waals surface area contributed by atoms with Gasteiger partial charge in [0.15, 0.2) is 0 Å². The first-order valence-electron chi connectivity index (χ1n) is 5.10. The number of hydrogen-bond acceptors (Lipinski definition) is 3. The lowest BCUT2D eigenvalue weighted by Gasteiger charge is -2.09. The van der Waals surface area contributed by atoms with Crippen LogP contribution in [-0.2, 0) is 13.0 Å². The number of para-hydroxylation sites is 1. The Kier molecular flexibility index (Phi) is 3.02. The molecule has 3 nitrogen and oxygen atoms in total. The zero-order chi connectivity index (χ0) is 10.5. The van der Waals surface area contributed by atoms with E-state index < -0.39 is 0 Å². The Labute approximate surface area is 89.1 Å². The maximum absolute atomic E-state index is 4.77. The van der Waals surface area contributed by atoms with Gasteiger partial charge in [0, 0.05) is 17.8 Å². The van der Waals surface area contributed by atoms with E-state index >= 15 is 0 Å². The van der Waals surface area contributed by atoms with Crippen LogP contribution >= 0.6 is 0 Å². The van der Waals surface area contributed by atoms with Gasteiger partial charge in [-0.1, -0.05) is 30.3 Å². The number of aryl methyl sites for hydroxylation is 1. The molecule has 0 amide bonds. The van der Waals surface area contributed by atoms with Crippen LogP contribution in [-0.4, -0.2) is 5.16 Å². The number of nitrogens with one attached hydrogen (secondary N) is 1. The normalized spacial score (nSPS) is 10.2. The second kappa shape index (κ2) is 4.64. The van der Waals surface area contributed by atoms with Crippen LogP contribution in [0, 0.1) is 0 Å². The second-order valence-corrected chi connectivity index (χ2v) is 3.40. The molecule has 0 saturated heterocycles. The standard InChI is InChI=1S/C12H14N2O/c1-2-11-5-3-4-6-12(11)13-7-10-8-14-15-9-10/h3-6,8-9,13H,2,7H2,1H3. The van der Waals surface area contributed by atoms with Gasteiger partial charge in [0.2, 0.25) is 0 Å². The van der Waals surface area contributed by atoms with E-state index in [1.54, 1.807) is 12.5 Å². The van der Waals surface area contributed by atoms with Crippen molar-refractivity contribution in [2.45, 2.75) is 19.9 Å². The van der Waals surface area contributed by atoms with Gasteiger partial charge >= 0.3 is 0 Å². The minimum absolute atomic E-state index is 0.751. The molecule has 0 aliphatic rings. The predicted octanol–water partition coefficient (Wildman–Crippen LogP) is 2.85. The van der Waals surface area contributed by atoms with Gasteiger partial charge in [-0.25, -0.2) is 0 Å². The lowest BCUT2D eigenvalue weighted by Crippen LogP contribution is -2.00. The van der Waals surface area contributed by atoms with Crippen molar-refractivity contribution in [3.05, 3.63) is 47.9 Å². The Morgan fingerprint density at radius 2 is 2.20 bits per heavy atom. The molecule has 0 aliphatic heterocycles. The quantitative estimate of drug-likeness (QED) is 0.828. The van der Waals surface area contributed by atoms with E-state index in [4.69, 9.17) is 4.52 Å². The van der Waals surface area contributed by atoms with Crippen LogP contribution in [0.5, 0.6) is 0 Å². The highest BCUT2D eigenvalue weighted by atomic mass is 16.5. The van der Waals surface area contributed by atoms with Crippen molar-refractivity contribution in [1.29, 1.82) is 0 Å². The molecule has 0 spiro atoms. The fraction of sp³-hybridized carbons (Fsp3) is 0.250. The number of rotatable bonds is 4. The molecule has 2 rings (SSSR count). The van der Waals surface area contributed by atoms with Gasteiger partial charge < -0.3 is 9.84 Å². The van der Waals surface area contributed by atoms with E-state index in [-0.39, 0.29) is 0 Å². The molecule has 3 heteroatoms. The summed E-state index contributed by atoms with van der Waals surface area (Å²) in [7, 11) is 0. The molecule has 78 valence electrons. The first kappa shape index (κ1) is 9.77. The summed E-state index contributed by atoms with van der Waals surface area (Å²) in [4.78, 5) is 0. The molecule has 1 aromatic heterocycles. The average molecular weight is 202 g/mol. The summed E-state index contributed by atoms with van der Waals surface area (Å²) in [5, 5.41) is 7.03. The summed E-state index contributed by atoms with van der Waals surface area (Å²) in [6, 6.07) is 8.32. The molecule has 1 heterocycles. The maximum Gasteiger partial charge on any atom is 0.128 e. The molecule has 0 radical (unpaired) electrons. The summed E-state index contributed by atoms with van der Waals surface area (Å²) >= 11 is 0. The van der Waals surface area contributed by atoms with Crippen molar-refractivity contribution >= 4 is 5.69 Å². The average Bonchev–Trinajstić information content (AvgIpc) is 2.79. The van der Waals surface area contributed by atoms with Gasteiger partial charge in [-0.2, -0.15) is 0 Å². The number of aromatic nitrogens is 1. The fourth-order valence-corrected chi connectivity index (χ4v) is 1.51. The molecule has 0 saturated carbocycles. The van der Waals surface area contributed by atoms with E-state index in [9.17, 15) is 0 Å². The summed E-state index contributed by atoms with van der Waals surface area (Å²) in [5.41, 5.74) is 3.57. The molecular formula is C12H14N2O. The van der Waals surface area contributed by atoms with Crippen LogP contribution in [0.3, 0.4) is 0 Å². The highest BCUT2D eigenvalue weighted by Gasteiger charge is 1.99. The van der Waals surface area contributed by atoms with Crippen molar-refractivity contribution < 1.29 is 4.52 Å². The summed E-state index contributed by atoms with van der Waals surface area (Å²) in [6.07, 6.45) is 4.41. The first-order chi connectivity index (χ1) is 7.40. The minimum atomic E-state index is 0.751. The monoisotopic (exact) mass is 202 g/mol. The number of hydrogen-bond donors (Lipinski definition) is 1. The minimum Gasteiger partial charge on any atom is -0.381 e. The molecule has 1 N–H and O–H groups in total. The van der Waals surface area contributed by atoms with Crippen LogP contribution in [0.15, 0.2) is 41.2 Å². The summed E-state index contributed by atoms with van der Waals surface area (Å²) in [6.45, 7) is 2.90. The smallest absolute Gasteiger partial charge is 0.128 e. The molecule has 2 aromatic rings. The SMILES string of the molecule is CCc1ccccc1NCc1cnoc1. The number of nitrogens with zero attached hydrogens (tertiary/aromatic N) is 1. The zero-order valence-corrected chi connectivity index (χ0v) is 8.73. The Hall–Kier alpha value is -1.77. The van der Waals surface area contributed by atoms with Crippen LogP contribution in [0.25, 0.3) is 0 Å². The Morgan fingerprint density at radius 1 is 1.33 bits per heavy atom. The number of benzene rings is 1. The van der Waals surface area contributed by atoms with Crippen molar-refractivity contribution in [2.75, 3.05) is 5.32 Å². The van der Waals surface area contributed by atoms with E-state index in [1.165, 1.54) is 11.3 Å². The predicted molar refractivity (Wildman–Crippen MR) is 59.6 cm³/mol. The third kappa shape index (κ3) is 2.37. The number of anilines is 1. The van der Waals surface area contributed by atoms with Crippen molar-refractivity contribution in [2.24, 2.45) is 0 Å². The molecule has 1 aromatic carbocycles. The van der Waals surface area contributed by atoms with Crippen molar-refractivity contribution in [3.8, 4) is 0 Å². The first-order valence-corrected chi connectivity index (χ1v) is 5.10. The Bertz CT molecular complexity index is 409. The van der Waals surface area contributed by atoms with Gasteiger partial charge in [0.25, 0.3) is 0 Å². The molecule has 0 atom stereocenters. The van der Waals surface area contributed by atoms with Gasteiger partial charge in [-0.3, -0.25) is 0 Å². The van der Waals surface area contributed by atoms with Crippen molar-refractivity contribution in [3.63, 3.8) is 0 Å². The van der Waals surface area contributed by atoms with Crippen LogP contribution in [0.4, 0.5) is 5.69 Å². The van der Waals surface area contributed by atoms with Gasteiger partial charge in [-0.05, 0) is 18.1 Å². The molecule has 0 unspecified atom stereocenters. The lowest BCUT2D eigenvalue weighted by molar-refractivity contribution is 0.419. The molecule has 15 heavy (non-hydrogen) atoms. The van der Waals surface area contributed by atoms with Crippen LogP contribution < -0.4 is 5.32 Å². The second-order valence-electron chi connectivity index (χ2n) is 3.40. The third-order valence-electron chi connectivity index (χ3n) is 2.36. The third-order valence-corrected chi connectivity index (χ3v) is 2.36. The molecule has 0 aliphatic carbocycles. The maximum atomic E-state index is 4.77. The van der Waals surface area contributed by atoms with E-state index in [1.807, 2.05) is 6.07 Å². The van der Waals surface area contributed by atoms with Gasteiger partial charge in [-0.15, -0.1) is 0 Å². The molecule has 0 fully saturated rings. The van der Waals surface area contributed by atoms with Crippen LogP contribution in [0.2, 0.25) is 0 Å². The van der Waals surface area contributed by atoms with E-state index in [0.29, 0.717) is 0 Å². The fourth-order valence-electron chi connectivity index (χ4n) is 1.51. The molecule has 0 bridgehead atoms. The van der Waals surface area contributed by atoms with Gasteiger partial charge in [0.05, 0.1) is 6.20 Å². The largest absolute Gasteiger partial charge is 0.381 e. The highest BCUT2D eigenvalue weighted by Crippen LogP contribution is 2.16. The van der Waals surface area contributed by atoms with Crippen LogP contribution in [0.1, 0.15) is 18.1 Å². The Balaban J connectivity index is 2.04. The van der Waals surface area contributed by atoms with E-state index in [0.717, 1.165) is 18.5 Å². The lowest BCUT2D eigenvalue weighted by atomic mass is 10.1. The van der Waals surface area contributed by atoms with Crippen molar-refractivity contribution in [1.82, 2.24) is 5.16 Å². The van der Waals surface area contributed by atoms with Gasteiger partial charge in [0.1, 0.15) is 6.26 Å². The summed E-state index contributed by atoms with van der Waals surface area (Å²) < 4.78 is 4.77. The molecular weight excluding hydrogens is 188 g/mol. The summed E-state index contributed by atoms with van der Waals surface area (Å²) in [5.74, 6) is 0. The Morgan fingerprint density at radius 3 is 2.93 bits per heavy atom. The van der Waals surface area contributed by atoms with E-state index in [2.05, 4.69) is 35.6 Å². The topological polar surface area (TPSA) is 38.1 Å². The highest BCUT2D eigenvalue weighted by molar-refractivity contribution is 5.51. The zero-order valence-electron chi connectivity index (χ0n) is 8.73.